The van der Waals surface area contributed by atoms with Crippen molar-refractivity contribution >= 4 is 11.3 Å². The van der Waals surface area contributed by atoms with Gasteiger partial charge in [0.05, 0.1) is 11.7 Å². The van der Waals surface area contributed by atoms with Gasteiger partial charge in [-0.2, -0.15) is 0 Å². The fourth-order valence-electron chi connectivity index (χ4n) is 2.77. The summed E-state index contributed by atoms with van der Waals surface area (Å²) >= 11 is 1.90. The van der Waals surface area contributed by atoms with E-state index in [9.17, 15) is 0 Å². The molecule has 0 aliphatic heterocycles. The van der Waals surface area contributed by atoms with Gasteiger partial charge in [0.15, 0.2) is 0 Å². The average molecular weight is 272 g/mol. The largest absolute Gasteiger partial charge is 0.304 e. The predicted molar refractivity (Wildman–Crippen MR) is 80.5 cm³/mol. The Balaban J connectivity index is 1.71. The van der Waals surface area contributed by atoms with Crippen LogP contribution in [0.1, 0.15) is 45.5 Å². The first-order chi connectivity index (χ1) is 9.24. The number of nitrogens with zero attached hydrogens (tertiary/aromatic N) is 1. The molecular weight excluding hydrogens is 252 g/mol. The molecule has 0 saturated heterocycles. The zero-order chi connectivity index (χ0) is 13.2. The molecule has 0 fully saturated rings. The third kappa shape index (κ3) is 2.72. The molecule has 2 heterocycles. The van der Waals surface area contributed by atoms with Gasteiger partial charge in [0, 0.05) is 22.5 Å². The van der Waals surface area contributed by atoms with Gasteiger partial charge in [0.2, 0.25) is 0 Å². The lowest BCUT2D eigenvalue weighted by molar-refractivity contribution is 0.449. The highest BCUT2D eigenvalue weighted by molar-refractivity contribution is 7.12. The standard InChI is InChI=1S/C16H20N2S/c1-11-9-14(19-12(11)2)10-18-15-7-3-5-13-6-4-8-17-16(13)15/h4,6,8-9,15,18H,3,5,7,10H2,1-2H3. The van der Waals surface area contributed by atoms with Crippen molar-refractivity contribution in [1.82, 2.24) is 10.3 Å². The Morgan fingerprint density at radius 2 is 2.32 bits per heavy atom. The molecule has 0 aromatic carbocycles. The fourth-order valence-corrected chi connectivity index (χ4v) is 3.77. The highest BCUT2D eigenvalue weighted by atomic mass is 32.1. The summed E-state index contributed by atoms with van der Waals surface area (Å²) in [6.07, 6.45) is 5.56. The number of aromatic nitrogens is 1. The molecule has 0 saturated carbocycles. The Morgan fingerprint density at radius 1 is 1.42 bits per heavy atom. The van der Waals surface area contributed by atoms with Crippen molar-refractivity contribution in [3.63, 3.8) is 0 Å². The number of aryl methyl sites for hydroxylation is 3. The SMILES string of the molecule is Cc1cc(CNC2CCCc3cccnc32)sc1C. The lowest BCUT2D eigenvalue weighted by atomic mass is 9.92. The Kier molecular flexibility index (Phi) is 3.67. The summed E-state index contributed by atoms with van der Waals surface area (Å²) in [5, 5.41) is 3.68. The van der Waals surface area contributed by atoms with Gasteiger partial charge in [-0.1, -0.05) is 6.07 Å². The molecule has 2 aromatic heterocycles. The molecule has 0 amide bonds. The first-order valence-electron chi connectivity index (χ1n) is 6.97. The van der Waals surface area contributed by atoms with Crippen LogP contribution in [-0.4, -0.2) is 4.98 Å². The van der Waals surface area contributed by atoms with Gasteiger partial charge >= 0.3 is 0 Å². The molecule has 1 unspecified atom stereocenters. The smallest absolute Gasteiger partial charge is 0.0605 e. The van der Waals surface area contributed by atoms with E-state index in [4.69, 9.17) is 0 Å². The van der Waals surface area contributed by atoms with Crippen LogP contribution in [0.25, 0.3) is 0 Å². The second-order valence-corrected chi connectivity index (χ2v) is 6.67. The molecule has 2 nitrogen and oxygen atoms in total. The number of rotatable bonds is 3. The molecule has 100 valence electrons. The number of hydrogen-bond acceptors (Lipinski definition) is 3. The second-order valence-electron chi connectivity index (χ2n) is 5.33. The summed E-state index contributed by atoms with van der Waals surface area (Å²) in [6, 6.07) is 6.99. The fraction of sp³-hybridized carbons (Fsp3) is 0.438. The maximum atomic E-state index is 4.58. The maximum Gasteiger partial charge on any atom is 0.0605 e. The van der Waals surface area contributed by atoms with Gasteiger partial charge in [0.25, 0.3) is 0 Å². The topological polar surface area (TPSA) is 24.9 Å². The van der Waals surface area contributed by atoms with Crippen molar-refractivity contribution in [2.24, 2.45) is 0 Å². The van der Waals surface area contributed by atoms with Crippen LogP contribution in [0.3, 0.4) is 0 Å². The molecule has 2 aromatic rings. The first kappa shape index (κ1) is 12.8. The second kappa shape index (κ2) is 5.43. The zero-order valence-corrected chi connectivity index (χ0v) is 12.4. The minimum absolute atomic E-state index is 0.424. The normalized spacial score (nSPS) is 18.3. The highest BCUT2D eigenvalue weighted by Gasteiger charge is 2.20. The van der Waals surface area contributed by atoms with E-state index in [1.54, 1.807) is 0 Å². The Morgan fingerprint density at radius 3 is 3.11 bits per heavy atom. The van der Waals surface area contributed by atoms with Crippen LogP contribution >= 0.6 is 11.3 Å². The number of hydrogen-bond donors (Lipinski definition) is 1. The van der Waals surface area contributed by atoms with Crippen molar-refractivity contribution in [2.75, 3.05) is 0 Å². The Bertz CT molecular complexity index is 554. The molecule has 3 heteroatoms. The van der Waals surface area contributed by atoms with E-state index >= 15 is 0 Å². The average Bonchev–Trinajstić information content (AvgIpc) is 2.75. The van der Waals surface area contributed by atoms with E-state index in [1.165, 1.54) is 45.8 Å². The van der Waals surface area contributed by atoms with Crippen molar-refractivity contribution in [3.05, 3.63) is 51.0 Å². The minimum atomic E-state index is 0.424. The monoisotopic (exact) mass is 272 g/mol. The van der Waals surface area contributed by atoms with E-state index in [-0.39, 0.29) is 0 Å². The van der Waals surface area contributed by atoms with Crippen LogP contribution < -0.4 is 5.32 Å². The van der Waals surface area contributed by atoms with Crippen LogP contribution in [0.5, 0.6) is 0 Å². The zero-order valence-electron chi connectivity index (χ0n) is 11.6. The van der Waals surface area contributed by atoms with Crippen LogP contribution in [-0.2, 0) is 13.0 Å². The molecule has 3 rings (SSSR count). The number of fused-ring (bicyclic) bond motifs is 1. The molecule has 1 atom stereocenters. The van der Waals surface area contributed by atoms with Crippen molar-refractivity contribution in [1.29, 1.82) is 0 Å². The van der Waals surface area contributed by atoms with Crippen molar-refractivity contribution in [2.45, 2.75) is 45.7 Å². The van der Waals surface area contributed by atoms with Crippen molar-refractivity contribution in [3.8, 4) is 0 Å². The van der Waals surface area contributed by atoms with E-state index in [1.807, 2.05) is 23.6 Å². The van der Waals surface area contributed by atoms with E-state index in [2.05, 4.69) is 36.3 Å². The summed E-state index contributed by atoms with van der Waals surface area (Å²) in [5.74, 6) is 0. The molecule has 1 N–H and O–H groups in total. The summed E-state index contributed by atoms with van der Waals surface area (Å²) in [4.78, 5) is 7.43. The Labute approximate surface area is 118 Å². The van der Waals surface area contributed by atoms with Crippen LogP contribution in [0, 0.1) is 13.8 Å². The lowest BCUT2D eigenvalue weighted by Gasteiger charge is -2.25. The summed E-state index contributed by atoms with van der Waals surface area (Å²) in [5.41, 5.74) is 4.09. The van der Waals surface area contributed by atoms with Crippen LogP contribution in [0.4, 0.5) is 0 Å². The highest BCUT2D eigenvalue weighted by Crippen LogP contribution is 2.28. The maximum absolute atomic E-state index is 4.58. The third-order valence-electron chi connectivity index (χ3n) is 3.93. The number of thiophene rings is 1. The molecule has 0 radical (unpaired) electrons. The lowest BCUT2D eigenvalue weighted by Crippen LogP contribution is -2.25. The first-order valence-corrected chi connectivity index (χ1v) is 7.79. The van der Waals surface area contributed by atoms with Gasteiger partial charge in [-0.3, -0.25) is 4.98 Å². The summed E-state index contributed by atoms with van der Waals surface area (Å²) < 4.78 is 0. The van der Waals surface area contributed by atoms with Crippen LogP contribution in [0.2, 0.25) is 0 Å². The van der Waals surface area contributed by atoms with E-state index < -0.39 is 0 Å². The summed E-state index contributed by atoms with van der Waals surface area (Å²) in [7, 11) is 0. The van der Waals surface area contributed by atoms with Crippen molar-refractivity contribution < 1.29 is 0 Å². The number of pyridine rings is 1. The van der Waals surface area contributed by atoms with E-state index in [0.29, 0.717) is 6.04 Å². The van der Waals surface area contributed by atoms with Gasteiger partial charge in [-0.15, -0.1) is 11.3 Å². The molecule has 19 heavy (non-hydrogen) atoms. The predicted octanol–water partition coefficient (Wildman–Crippen LogP) is 3.93. The third-order valence-corrected chi connectivity index (χ3v) is 5.09. The van der Waals surface area contributed by atoms with Gasteiger partial charge < -0.3 is 5.32 Å². The molecule has 1 aliphatic carbocycles. The van der Waals surface area contributed by atoms with Gasteiger partial charge in [0.1, 0.15) is 0 Å². The minimum Gasteiger partial charge on any atom is -0.304 e. The molecule has 0 spiro atoms. The Hall–Kier alpha value is -1.19. The molecule has 1 aliphatic rings. The number of nitrogens with one attached hydrogen (secondary N) is 1. The van der Waals surface area contributed by atoms with Gasteiger partial charge in [-0.05, 0) is 56.4 Å². The summed E-state index contributed by atoms with van der Waals surface area (Å²) in [6.45, 7) is 5.34. The molecule has 0 bridgehead atoms. The van der Waals surface area contributed by atoms with E-state index in [0.717, 1.165) is 6.54 Å². The molecular formula is C16H20N2S. The quantitative estimate of drug-likeness (QED) is 0.916. The van der Waals surface area contributed by atoms with Gasteiger partial charge in [-0.25, -0.2) is 0 Å². The van der Waals surface area contributed by atoms with Crippen LogP contribution in [0.15, 0.2) is 24.4 Å².